The predicted octanol–water partition coefficient (Wildman–Crippen LogP) is 4.36. The molecule has 3 aromatic carbocycles. The number of fused-ring (bicyclic) bond motifs is 2. The molecule has 0 aliphatic heterocycles. The molecule has 1 aromatic heterocycles. The summed E-state index contributed by atoms with van der Waals surface area (Å²) in [6.07, 6.45) is 3.22. The Morgan fingerprint density at radius 3 is 2.63 bits per heavy atom. The van der Waals surface area contributed by atoms with Crippen LogP contribution in [-0.2, 0) is 16.4 Å². The van der Waals surface area contributed by atoms with Gasteiger partial charge in [-0.15, -0.1) is 0 Å². The van der Waals surface area contributed by atoms with Crippen molar-refractivity contribution in [3.8, 4) is 0 Å². The third-order valence-corrected chi connectivity index (χ3v) is 7.56. The number of rotatable bonds is 5. The predicted molar refractivity (Wildman–Crippen MR) is 125 cm³/mol. The van der Waals surface area contributed by atoms with Gasteiger partial charge in [-0.05, 0) is 41.3 Å². The molecule has 0 aliphatic rings. The first-order valence-corrected chi connectivity index (χ1v) is 13.4. The van der Waals surface area contributed by atoms with Crippen LogP contribution in [0, 0.1) is 0 Å². The molecule has 0 saturated heterocycles. The fourth-order valence-electron chi connectivity index (χ4n) is 3.33. The Hall–Kier alpha value is -2.42. The number of hydrogen-bond acceptors (Lipinski definition) is 5. The van der Waals surface area contributed by atoms with E-state index in [-0.39, 0.29) is 10.8 Å². The summed E-state index contributed by atoms with van der Waals surface area (Å²) in [6.45, 7) is 0.682. The molecule has 1 heterocycles. The van der Waals surface area contributed by atoms with E-state index in [1.807, 2.05) is 47.2 Å². The van der Waals surface area contributed by atoms with Crippen molar-refractivity contribution in [2.75, 3.05) is 18.3 Å². The van der Waals surface area contributed by atoms with Crippen LogP contribution < -0.4 is 4.80 Å². The molecular formula is C22H20N2O3S3. The molecule has 0 bridgehead atoms. The first-order chi connectivity index (χ1) is 14.4. The number of thioether (sulfide) groups is 1. The molecule has 0 saturated carbocycles. The number of carbonyl (C=O) groups excluding carboxylic acids is 1. The summed E-state index contributed by atoms with van der Waals surface area (Å²) in [5.74, 6) is 0.551. The molecule has 0 aliphatic carbocycles. The second-order valence-corrected chi connectivity index (χ2v) is 10.9. The topological polar surface area (TPSA) is 68.5 Å². The minimum Gasteiger partial charge on any atom is -0.316 e. The van der Waals surface area contributed by atoms with Crippen LogP contribution in [0.3, 0.4) is 0 Å². The van der Waals surface area contributed by atoms with Gasteiger partial charge in [0.25, 0.3) is 5.91 Å². The van der Waals surface area contributed by atoms with E-state index in [2.05, 4.69) is 4.99 Å². The van der Waals surface area contributed by atoms with E-state index in [0.29, 0.717) is 16.9 Å². The Labute approximate surface area is 183 Å². The van der Waals surface area contributed by atoms with Gasteiger partial charge in [0.1, 0.15) is 0 Å². The number of carbonyl (C=O) groups is 1. The number of hydrogen-bond donors (Lipinski definition) is 0. The highest BCUT2D eigenvalue weighted by molar-refractivity contribution is 7.98. The van der Waals surface area contributed by atoms with Crippen molar-refractivity contribution in [2.45, 2.75) is 11.4 Å². The number of amides is 1. The summed E-state index contributed by atoms with van der Waals surface area (Å²) in [5, 5.41) is 1.85. The smallest absolute Gasteiger partial charge is 0.280 e. The lowest BCUT2D eigenvalue weighted by Crippen LogP contribution is -2.18. The fraction of sp³-hybridized carbons (Fsp3) is 0.182. The molecule has 4 rings (SSSR count). The Morgan fingerprint density at radius 2 is 1.87 bits per heavy atom. The van der Waals surface area contributed by atoms with Crippen molar-refractivity contribution in [3.05, 3.63) is 71.0 Å². The van der Waals surface area contributed by atoms with E-state index in [1.54, 1.807) is 36.0 Å². The summed E-state index contributed by atoms with van der Waals surface area (Å²) in [7, 11) is -3.31. The van der Waals surface area contributed by atoms with Crippen molar-refractivity contribution in [2.24, 2.45) is 4.99 Å². The van der Waals surface area contributed by atoms with Gasteiger partial charge in [0.05, 0.1) is 15.1 Å². The minimum absolute atomic E-state index is 0.264. The number of thiazole rings is 1. The third kappa shape index (κ3) is 4.08. The minimum atomic E-state index is -3.31. The summed E-state index contributed by atoms with van der Waals surface area (Å²) < 4.78 is 26.7. The van der Waals surface area contributed by atoms with Gasteiger partial charge in [0.15, 0.2) is 14.6 Å². The van der Waals surface area contributed by atoms with Gasteiger partial charge < -0.3 is 4.57 Å². The maximum atomic E-state index is 13.1. The Morgan fingerprint density at radius 1 is 1.10 bits per heavy atom. The zero-order chi connectivity index (χ0) is 21.3. The van der Waals surface area contributed by atoms with E-state index >= 15 is 0 Å². The van der Waals surface area contributed by atoms with Gasteiger partial charge in [0, 0.05) is 24.1 Å². The third-order valence-electron chi connectivity index (χ3n) is 4.82. The number of benzene rings is 3. The molecule has 154 valence electrons. The number of sulfone groups is 1. The van der Waals surface area contributed by atoms with Gasteiger partial charge in [-0.25, -0.2) is 8.42 Å². The van der Waals surface area contributed by atoms with Gasteiger partial charge in [-0.1, -0.05) is 47.7 Å². The molecule has 0 fully saturated rings. The maximum absolute atomic E-state index is 13.1. The van der Waals surface area contributed by atoms with E-state index in [1.165, 1.54) is 17.6 Å². The quantitative estimate of drug-likeness (QED) is 0.447. The summed E-state index contributed by atoms with van der Waals surface area (Å²) >= 11 is 3.04. The Bertz CT molecular complexity index is 1430. The van der Waals surface area contributed by atoms with Crippen molar-refractivity contribution in [3.63, 3.8) is 0 Å². The highest BCUT2D eigenvalue weighted by atomic mass is 32.2. The average Bonchev–Trinajstić information content (AvgIpc) is 3.07. The molecule has 4 aromatic rings. The normalized spacial score (nSPS) is 12.7. The van der Waals surface area contributed by atoms with Crippen LogP contribution >= 0.6 is 23.1 Å². The van der Waals surface area contributed by atoms with E-state index < -0.39 is 9.84 Å². The Balaban J connectivity index is 1.89. The van der Waals surface area contributed by atoms with E-state index in [9.17, 15) is 13.2 Å². The molecule has 0 atom stereocenters. The molecule has 0 unspecified atom stereocenters. The summed E-state index contributed by atoms with van der Waals surface area (Å²) in [6, 6.07) is 18.4. The van der Waals surface area contributed by atoms with Gasteiger partial charge in [-0.2, -0.15) is 16.8 Å². The van der Waals surface area contributed by atoms with Crippen molar-refractivity contribution < 1.29 is 13.2 Å². The molecule has 8 heteroatoms. The first-order valence-electron chi connectivity index (χ1n) is 9.28. The molecule has 30 heavy (non-hydrogen) atoms. The highest BCUT2D eigenvalue weighted by Gasteiger charge is 2.14. The SMILES string of the molecule is CSCCn1c(=NC(=O)c2cccc3ccccc23)sc2cc(S(C)(=O)=O)ccc21. The van der Waals surface area contributed by atoms with Crippen molar-refractivity contribution in [1.82, 2.24) is 4.57 Å². The largest absolute Gasteiger partial charge is 0.316 e. The molecule has 1 amide bonds. The lowest BCUT2D eigenvalue weighted by Gasteiger charge is -2.05. The van der Waals surface area contributed by atoms with Crippen LogP contribution in [0.1, 0.15) is 10.4 Å². The standard InChI is InChI=1S/C22H20N2O3S3/c1-28-13-12-24-19-11-10-16(30(2,26)27)14-20(19)29-22(24)23-21(25)18-9-5-7-15-6-3-4-8-17(15)18/h3-11,14H,12-13H2,1-2H3. The van der Waals surface area contributed by atoms with Crippen LogP contribution in [0.25, 0.3) is 21.0 Å². The van der Waals surface area contributed by atoms with Gasteiger partial charge in [-0.3, -0.25) is 4.79 Å². The van der Waals surface area contributed by atoms with Gasteiger partial charge >= 0.3 is 0 Å². The monoisotopic (exact) mass is 456 g/mol. The lowest BCUT2D eigenvalue weighted by atomic mass is 10.0. The Kier molecular flexibility index (Phi) is 5.81. The molecule has 0 N–H and O–H groups in total. The number of aromatic nitrogens is 1. The van der Waals surface area contributed by atoms with Crippen LogP contribution in [0.15, 0.2) is 70.6 Å². The number of nitrogens with zero attached hydrogens (tertiary/aromatic N) is 2. The second kappa shape index (κ2) is 8.37. The zero-order valence-corrected chi connectivity index (χ0v) is 19.0. The van der Waals surface area contributed by atoms with Gasteiger partial charge in [0.2, 0.25) is 0 Å². The van der Waals surface area contributed by atoms with Crippen LogP contribution in [0.2, 0.25) is 0 Å². The summed E-state index contributed by atoms with van der Waals surface area (Å²) in [5.41, 5.74) is 1.43. The van der Waals surface area contributed by atoms with Crippen LogP contribution in [0.4, 0.5) is 0 Å². The van der Waals surface area contributed by atoms with Crippen LogP contribution in [-0.4, -0.2) is 37.2 Å². The molecule has 0 radical (unpaired) electrons. The zero-order valence-electron chi connectivity index (χ0n) is 16.5. The second-order valence-electron chi connectivity index (χ2n) is 6.87. The summed E-state index contributed by atoms with van der Waals surface area (Å²) in [4.78, 5) is 18.4. The van der Waals surface area contributed by atoms with Crippen LogP contribution in [0.5, 0.6) is 0 Å². The first kappa shape index (κ1) is 20.8. The van der Waals surface area contributed by atoms with Crippen molar-refractivity contribution in [1.29, 1.82) is 0 Å². The van der Waals surface area contributed by atoms with Crippen molar-refractivity contribution >= 4 is 59.8 Å². The average molecular weight is 457 g/mol. The lowest BCUT2D eigenvalue weighted by molar-refractivity contribution is 0.0999. The fourth-order valence-corrected chi connectivity index (χ4v) is 5.51. The molecule has 5 nitrogen and oxygen atoms in total. The maximum Gasteiger partial charge on any atom is 0.280 e. The highest BCUT2D eigenvalue weighted by Crippen LogP contribution is 2.23. The molecular weight excluding hydrogens is 436 g/mol. The van der Waals surface area contributed by atoms with E-state index in [4.69, 9.17) is 0 Å². The number of aryl methyl sites for hydroxylation is 1. The molecule has 0 spiro atoms. The van der Waals surface area contributed by atoms with E-state index in [0.717, 1.165) is 26.7 Å².